The first kappa shape index (κ1) is 20.9. The van der Waals surface area contributed by atoms with Crippen LogP contribution in [0.25, 0.3) is 11.0 Å². The third-order valence-electron chi connectivity index (χ3n) is 5.98. The Kier molecular flexibility index (Phi) is 5.60. The molecule has 0 N–H and O–H groups in total. The van der Waals surface area contributed by atoms with Crippen LogP contribution in [0.2, 0.25) is 0 Å². The molecule has 1 aliphatic rings. The van der Waals surface area contributed by atoms with E-state index in [4.69, 9.17) is 9.72 Å². The van der Waals surface area contributed by atoms with E-state index in [0.29, 0.717) is 18.9 Å². The number of hydrogen-bond acceptors (Lipinski definition) is 5. The Labute approximate surface area is 191 Å². The molecular formula is C26H24N4O3. The summed E-state index contributed by atoms with van der Waals surface area (Å²) in [5, 5.41) is 0. The molecule has 0 fully saturated rings. The van der Waals surface area contributed by atoms with Gasteiger partial charge in [-0.05, 0) is 42.7 Å². The van der Waals surface area contributed by atoms with Gasteiger partial charge in [0, 0.05) is 18.9 Å². The zero-order valence-electron chi connectivity index (χ0n) is 18.3. The normalized spacial score (nSPS) is 17.7. The van der Waals surface area contributed by atoms with E-state index in [0.717, 1.165) is 22.2 Å². The maximum atomic E-state index is 13.8. The highest BCUT2D eigenvalue weighted by Gasteiger charge is 2.47. The molecule has 7 heteroatoms. The van der Waals surface area contributed by atoms with Crippen molar-refractivity contribution in [3.63, 3.8) is 0 Å². The minimum Gasteiger partial charge on any atom is -0.465 e. The van der Waals surface area contributed by atoms with Crippen molar-refractivity contribution in [3.05, 3.63) is 90.3 Å². The minimum atomic E-state index is -1.03. The summed E-state index contributed by atoms with van der Waals surface area (Å²) in [7, 11) is 0. The number of ether oxygens (including phenoxy) is 1. The summed E-state index contributed by atoms with van der Waals surface area (Å²) < 4.78 is 7.36. The smallest absolute Gasteiger partial charge is 0.321 e. The molecule has 1 aliphatic heterocycles. The topological polar surface area (TPSA) is 77.3 Å². The number of esters is 1. The van der Waals surface area contributed by atoms with Crippen LogP contribution in [0.3, 0.4) is 0 Å². The predicted octanol–water partition coefficient (Wildman–Crippen LogP) is 3.79. The van der Waals surface area contributed by atoms with Gasteiger partial charge < -0.3 is 9.30 Å². The highest BCUT2D eigenvalue weighted by Crippen LogP contribution is 2.41. The van der Waals surface area contributed by atoms with Crippen molar-refractivity contribution in [2.75, 3.05) is 18.1 Å². The average molecular weight is 441 g/mol. The summed E-state index contributed by atoms with van der Waals surface area (Å²) in [6.07, 6.45) is 4.01. The van der Waals surface area contributed by atoms with Gasteiger partial charge in [0.2, 0.25) is 11.9 Å². The Morgan fingerprint density at radius 2 is 1.82 bits per heavy atom. The predicted molar refractivity (Wildman–Crippen MR) is 125 cm³/mol. The zero-order chi connectivity index (χ0) is 22.8. The lowest BCUT2D eigenvalue weighted by atomic mass is 9.90. The van der Waals surface area contributed by atoms with Gasteiger partial charge in [0.05, 0.1) is 23.7 Å². The number of fused-ring (bicyclic) bond motifs is 3. The molecule has 1 amide bonds. The minimum absolute atomic E-state index is 0.198. The summed E-state index contributed by atoms with van der Waals surface area (Å²) in [6.45, 7) is 2.35. The maximum absolute atomic E-state index is 13.8. The van der Waals surface area contributed by atoms with Crippen LogP contribution in [0.4, 0.5) is 5.95 Å². The van der Waals surface area contributed by atoms with Crippen LogP contribution >= 0.6 is 0 Å². The molecule has 5 rings (SSSR count). The highest BCUT2D eigenvalue weighted by atomic mass is 16.5. The highest BCUT2D eigenvalue weighted by molar-refractivity contribution is 6.08. The molecule has 0 unspecified atom stereocenters. The van der Waals surface area contributed by atoms with Crippen LogP contribution in [-0.2, 0) is 20.7 Å². The lowest BCUT2D eigenvalue weighted by Gasteiger charge is -2.37. The monoisotopic (exact) mass is 440 g/mol. The first-order valence-electron chi connectivity index (χ1n) is 11.1. The van der Waals surface area contributed by atoms with Crippen LogP contribution in [0, 0.1) is 5.92 Å². The Balaban J connectivity index is 1.67. The van der Waals surface area contributed by atoms with Crippen molar-refractivity contribution in [2.45, 2.75) is 19.4 Å². The van der Waals surface area contributed by atoms with Gasteiger partial charge in [0.1, 0.15) is 0 Å². The number of anilines is 1. The number of pyridine rings is 1. The molecule has 2 atom stereocenters. The van der Waals surface area contributed by atoms with Gasteiger partial charge in [-0.25, -0.2) is 4.98 Å². The maximum Gasteiger partial charge on any atom is 0.321 e. The SMILES string of the molecule is CCOC(=O)[C@H]1C(=O)N(CCc2ccccc2)c2nc3ccccc3n2[C@@H]1c1cccnc1. The molecule has 2 aromatic heterocycles. The van der Waals surface area contributed by atoms with Crippen LogP contribution in [0.5, 0.6) is 0 Å². The van der Waals surface area contributed by atoms with E-state index < -0.39 is 17.9 Å². The number of benzene rings is 2. The molecule has 0 aliphatic carbocycles. The van der Waals surface area contributed by atoms with Crippen molar-refractivity contribution in [1.82, 2.24) is 14.5 Å². The number of carbonyl (C=O) groups excluding carboxylic acids is 2. The third kappa shape index (κ3) is 3.75. The lowest BCUT2D eigenvalue weighted by molar-refractivity contribution is -0.153. The summed E-state index contributed by atoms with van der Waals surface area (Å²) in [6, 6.07) is 20.8. The second-order valence-electron chi connectivity index (χ2n) is 7.96. The molecule has 33 heavy (non-hydrogen) atoms. The quantitative estimate of drug-likeness (QED) is 0.337. The van der Waals surface area contributed by atoms with Gasteiger partial charge in [-0.15, -0.1) is 0 Å². The van der Waals surface area contributed by atoms with Crippen LogP contribution < -0.4 is 4.90 Å². The van der Waals surface area contributed by atoms with Crippen LogP contribution in [0.1, 0.15) is 24.1 Å². The van der Waals surface area contributed by atoms with Crippen LogP contribution in [-0.4, -0.2) is 39.6 Å². The second kappa shape index (κ2) is 8.86. The number of imidazole rings is 1. The van der Waals surface area contributed by atoms with Gasteiger partial charge in [0.15, 0.2) is 5.92 Å². The van der Waals surface area contributed by atoms with Crippen molar-refractivity contribution in [3.8, 4) is 0 Å². The number of carbonyl (C=O) groups is 2. The van der Waals surface area contributed by atoms with E-state index in [1.54, 1.807) is 24.2 Å². The molecule has 0 saturated carbocycles. The van der Waals surface area contributed by atoms with Gasteiger partial charge >= 0.3 is 5.97 Å². The molecule has 0 bridgehead atoms. The number of amides is 1. The van der Waals surface area contributed by atoms with E-state index in [-0.39, 0.29) is 12.5 Å². The molecular weight excluding hydrogens is 416 g/mol. The number of hydrogen-bond donors (Lipinski definition) is 0. The van der Waals surface area contributed by atoms with E-state index in [1.807, 2.05) is 71.3 Å². The fourth-order valence-electron chi connectivity index (χ4n) is 4.50. The molecule has 2 aromatic carbocycles. The van der Waals surface area contributed by atoms with E-state index in [2.05, 4.69) is 4.98 Å². The molecule has 0 radical (unpaired) electrons. The average Bonchev–Trinajstić information content (AvgIpc) is 3.23. The molecule has 0 spiro atoms. The molecule has 166 valence electrons. The van der Waals surface area contributed by atoms with Crippen molar-refractivity contribution in [2.24, 2.45) is 5.92 Å². The summed E-state index contributed by atoms with van der Waals surface area (Å²) in [4.78, 5) is 37.7. The summed E-state index contributed by atoms with van der Waals surface area (Å²) in [5.41, 5.74) is 3.49. The standard InChI is InChI=1S/C26H24N4O3/c1-2-33-25(32)22-23(19-11-8-15-27-17-19)30-21-13-7-6-12-20(21)28-26(30)29(24(22)31)16-14-18-9-4-3-5-10-18/h3-13,15,17,22-23H,2,14,16H2,1H3/t22-,23-/m1/s1. The molecule has 4 aromatic rings. The Hall–Kier alpha value is -4.00. The lowest BCUT2D eigenvalue weighted by Crippen LogP contribution is -2.50. The largest absolute Gasteiger partial charge is 0.465 e. The van der Waals surface area contributed by atoms with Gasteiger partial charge in [-0.3, -0.25) is 19.5 Å². The van der Waals surface area contributed by atoms with E-state index in [1.165, 1.54) is 0 Å². The first-order chi connectivity index (χ1) is 16.2. The second-order valence-corrected chi connectivity index (χ2v) is 7.96. The molecule has 3 heterocycles. The van der Waals surface area contributed by atoms with Crippen molar-refractivity contribution in [1.29, 1.82) is 0 Å². The number of aromatic nitrogens is 3. The Bertz CT molecular complexity index is 1290. The van der Waals surface area contributed by atoms with Crippen molar-refractivity contribution < 1.29 is 14.3 Å². The number of para-hydroxylation sites is 2. The van der Waals surface area contributed by atoms with E-state index in [9.17, 15) is 9.59 Å². The number of rotatable bonds is 6. The Morgan fingerprint density at radius 1 is 1.03 bits per heavy atom. The van der Waals surface area contributed by atoms with Gasteiger partial charge in [-0.1, -0.05) is 48.5 Å². The summed E-state index contributed by atoms with van der Waals surface area (Å²) in [5.74, 6) is -1.34. The molecule has 7 nitrogen and oxygen atoms in total. The fourth-order valence-corrected chi connectivity index (χ4v) is 4.50. The zero-order valence-corrected chi connectivity index (χ0v) is 18.3. The van der Waals surface area contributed by atoms with Crippen molar-refractivity contribution >= 4 is 28.9 Å². The van der Waals surface area contributed by atoms with Gasteiger partial charge in [-0.2, -0.15) is 0 Å². The number of nitrogens with zero attached hydrogens (tertiary/aromatic N) is 4. The first-order valence-corrected chi connectivity index (χ1v) is 11.1. The van der Waals surface area contributed by atoms with E-state index >= 15 is 0 Å². The summed E-state index contributed by atoms with van der Waals surface area (Å²) >= 11 is 0. The Morgan fingerprint density at radius 3 is 2.58 bits per heavy atom. The third-order valence-corrected chi connectivity index (χ3v) is 5.98. The molecule has 0 saturated heterocycles. The van der Waals surface area contributed by atoms with Crippen LogP contribution in [0.15, 0.2) is 79.1 Å². The van der Waals surface area contributed by atoms with Gasteiger partial charge in [0.25, 0.3) is 0 Å². The fraction of sp³-hybridized carbons (Fsp3) is 0.231.